The molecule has 0 saturated carbocycles. The number of Topliss-reactive ketones (excluding diaryl/α,β-unsaturated/α-hetero) is 1. The van der Waals surface area contributed by atoms with Crippen LogP contribution < -0.4 is 10.1 Å². The molecule has 3 heterocycles. The van der Waals surface area contributed by atoms with E-state index in [-0.39, 0.29) is 11.7 Å². The Balaban J connectivity index is 1.89. The van der Waals surface area contributed by atoms with Gasteiger partial charge in [0.05, 0.1) is 26.7 Å². The van der Waals surface area contributed by atoms with Gasteiger partial charge in [-0.05, 0) is 39.7 Å². The average Bonchev–Trinajstić information content (AvgIpc) is 3.06. The second-order valence-corrected chi connectivity index (χ2v) is 8.28. The molecule has 4 rings (SSSR count). The Morgan fingerprint density at radius 3 is 2.76 bits per heavy atom. The molecule has 3 aromatic rings. The van der Waals surface area contributed by atoms with E-state index in [1.807, 2.05) is 34.9 Å². The van der Waals surface area contributed by atoms with E-state index in [1.54, 1.807) is 7.11 Å². The fourth-order valence-corrected chi connectivity index (χ4v) is 4.82. The third-order valence-electron chi connectivity index (χ3n) is 4.34. The highest BCUT2D eigenvalue weighted by Gasteiger charge is 2.30. The topological polar surface area (TPSA) is 60.3 Å². The molecule has 0 saturated heterocycles. The van der Waals surface area contributed by atoms with E-state index in [0.717, 1.165) is 25.3 Å². The van der Waals surface area contributed by atoms with Crippen LogP contribution in [0.2, 0.25) is 0 Å². The second-order valence-electron chi connectivity index (χ2n) is 5.85. The van der Waals surface area contributed by atoms with Crippen LogP contribution in [0.25, 0.3) is 10.2 Å². The van der Waals surface area contributed by atoms with E-state index >= 15 is 0 Å². The molecule has 0 unspecified atom stereocenters. The van der Waals surface area contributed by atoms with Crippen molar-refractivity contribution in [3.8, 4) is 5.75 Å². The van der Waals surface area contributed by atoms with Crippen LogP contribution in [0.15, 0.2) is 34.1 Å². The molecule has 25 heavy (non-hydrogen) atoms. The summed E-state index contributed by atoms with van der Waals surface area (Å²) >= 11 is 5.00. The SMILES string of the molecule is COc1ccc(Cn2c3c(c4sc(Br)cc42)C(=O)CCNC3=O)cc1. The van der Waals surface area contributed by atoms with Crippen molar-refractivity contribution in [1.29, 1.82) is 0 Å². The smallest absolute Gasteiger partial charge is 0.268 e. The number of amides is 1. The molecule has 128 valence electrons. The van der Waals surface area contributed by atoms with E-state index in [9.17, 15) is 9.59 Å². The number of hydrogen-bond acceptors (Lipinski definition) is 4. The zero-order valence-corrected chi connectivity index (χ0v) is 15.9. The first-order valence-electron chi connectivity index (χ1n) is 7.84. The number of rotatable bonds is 3. The number of nitrogens with zero attached hydrogens (tertiary/aromatic N) is 1. The Labute approximate surface area is 156 Å². The van der Waals surface area contributed by atoms with Crippen LogP contribution in [0, 0.1) is 0 Å². The number of hydrogen-bond donors (Lipinski definition) is 1. The molecule has 1 aromatic carbocycles. The molecule has 7 heteroatoms. The van der Waals surface area contributed by atoms with Crippen molar-refractivity contribution < 1.29 is 14.3 Å². The lowest BCUT2D eigenvalue weighted by Gasteiger charge is -2.11. The first-order valence-corrected chi connectivity index (χ1v) is 9.45. The quantitative estimate of drug-likeness (QED) is 0.702. The summed E-state index contributed by atoms with van der Waals surface area (Å²) in [5, 5.41) is 2.83. The first kappa shape index (κ1) is 16.4. The number of carbonyl (C=O) groups excluding carboxylic acids is 2. The van der Waals surface area contributed by atoms with Crippen molar-refractivity contribution in [3.63, 3.8) is 0 Å². The van der Waals surface area contributed by atoms with Gasteiger partial charge in [-0.3, -0.25) is 9.59 Å². The van der Waals surface area contributed by atoms with Crippen molar-refractivity contribution in [2.75, 3.05) is 13.7 Å². The van der Waals surface area contributed by atoms with Gasteiger partial charge in [-0.1, -0.05) is 12.1 Å². The molecule has 1 N–H and O–H groups in total. The third kappa shape index (κ3) is 2.77. The molecular formula is C18H15BrN2O3S. The highest BCUT2D eigenvalue weighted by atomic mass is 79.9. The molecule has 1 amide bonds. The van der Waals surface area contributed by atoms with Gasteiger partial charge in [0.25, 0.3) is 5.91 Å². The summed E-state index contributed by atoms with van der Waals surface area (Å²) < 4.78 is 8.95. The molecule has 0 spiro atoms. The Kier molecular flexibility index (Phi) is 4.13. The maximum atomic E-state index is 12.6. The number of benzene rings is 1. The van der Waals surface area contributed by atoms with Crippen LogP contribution in [0.5, 0.6) is 5.75 Å². The Morgan fingerprint density at radius 2 is 2.04 bits per heavy atom. The lowest BCUT2D eigenvalue weighted by atomic mass is 10.1. The predicted octanol–water partition coefficient (Wildman–Crippen LogP) is 3.84. The van der Waals surface area contributed by atoms with Gasteiger partial charge < -0.3 is 14.6 Å². The van der Waals surface area contributed by atoms with Crippen LogP contribution in [-0.2, 0) is 6.54 Å². The third-order valence-corrected chi connectivity index (χ3v) is 5.98. The fourth-order valence-electron chi connectivity index (χ4n) is 3.17. The molecule has 1 aliphatic heterocycles. The summed E-state index contributed by atoms with van der Waals surface area (Å²) in [6.07, 6.45) is 0.329. The number of thiophene rings is 1. The van der Waals surface area contributed by atoms with Gasteiger partial charge in [-0.25, -0.2) is 0 Å². The maximum Gasteiger partial charge on any atom is 0.268 e. The fraction of sp³-hybridized carbons (Fsp3) is 0.222. The summed E-state index contributed by atoms with van der Waals surface area (Å²) in [5.74, 6) is 0.612. The highest BCUT2D eigenvalue weighted by Crippen LogP contribution is 2.38. The predicted molar refractivity (Wildman–Crippen MR) is 101 cm³/mol. The number of methoxy groups -OCH3 is 1. The summed E-state index contributed by atoms with van der Waals surface area (Å²) in [6.45, 7) is 0.891. The van der Waals surface area contributed by atoms with Crippen LogP contribution in [-0.4, -0.2) is 29.9 Å². The number of ether oxygens (including phenoxy) is 1. The largest absolute Gasteiger partial charge is 0.497 e. The van der Waals surface area contributed by atoms with Crippen LogP contribution >= 0.6 is 27.3 Å². The molecule has 0 fully saturated rings. The van der Waals surface area contributed by atoms with Gasteiger partial charge in [0.15, 0.2) is 5.78 Å². The van der Waals surface area contributed by atoms with E-state index in [1.165, 1.54) is 11.3 Å². The van der Waals surface area contributed by atoms with Crippen molar-refractivity contribution in [3.05, 3.63) is 50.9 Å². The molecule has 5 nitrogen and oxygen atoms in total. The van der Waals surface area contributed by atoms with Crippen LogP contribution in [0.1, 0.15) is 32.8 Å². The van der Waals surface area contributed by atoms with Gasteiger partial charge in [0.1, 0.15) is 11.4 Å². The van der Waals surface area contributed by atoms with Gasteiger partial charge >= 0.3 is 0 Å². The van der Waals surface area contributed by atoms with Crippen molar-refractivity contribution in [2.45, 2.75) is 13.0 Å². The van der Waals surface area contributed by atoms with E-state index in [0.29, 0.717) is 30.8 Å². The molecule has 0 bridgehead atoms. The number of carbonyl (C=O) groups is 2. The number of halogens is 1. The van der Waals surface area contributed by atoms with Gasteiger partial charge in [-0.15, -0.1) is 11.3 Å². The minimum absolute atomic E-state index is 0.0150. The molecule has 1 aliphatic rings. The number of nitrogens with one attached hydrogen (secondary N) is 1. The summed E-state index contributed by atoms with van der Waals surface area (Å²) in [6, 6.07) is 9.69. The lowest BCUT2D eigenvalue weighted by Crippen LogP contribution is -2.25. The van der Waals surface area contributed by atoms with E-state index in [2.05, 4.69) is 21.2 Å². The molecule has 0 atom stereocenters. The summed E-state index contributed by atoms with van der Waals surface area (Å²) in [5.41, 5.74) is 2.96. The Hall–Kier alpha value is -2.12. The lowest BCUT2D eigenvalue weighted by molar-refractivity contribution is 0.0948. The number of aromatic nitrogens is 1. The minimum Gasteiger partial charge on any atom is -0.497 e. The summed E-state index contributed by atoms with van der Waals surface area (Å²) in [4.78, 5) is 25.2. The molecule has 2 aromatic heterocycles. The molecule has 0 aliphatic carbocycles. The zero-order chi connectivity index (χ0) is 17.6. The first-order chi connectivity index (χ1) is 12.1. The standard InChI is InChI=1S/C18H15BrN2O3S/c1-24-11-4-2-10(3-5-11)9-21-12-8-14(19)25-17(12)15-13(22)6-7-20-18(23)16(15)21/h2-5,8H,6-7,9H2,1H3,(H,20,23). The highest BCUT2D eigenvalue weighted by molar-refractivity contribution is 9.11. The maximum absolute atomic E-state index is 12.6. The molecule has 0 radical (unpaired) electrons. The van der Waals surface area contributed by atoms with Gasteiger partial charge in [0.2, 0.25) is 0 Å². The van der Waals surface area contributed by atoms with E-state index < -0.39 is 0 Å². The Bertz CT molecular complexity index is 988. The Morgan fingerprint density at radius 1 is 1.28 bits per heavy atom. The van der Waals surface area contributed by atoms with Crippen LogP contribution in [0.3, 0.4) is 0 Å². The summed E-state index contributed by atoms with van der Waals surface area (Å²) in [7, 11) is 1.63. The number of ketones is 1. The average molecular weight is 419 g/mol. The van der Waals surface area contributed by atoms with Crippen molar-refractivity contribution >= 4 is 49.2 Å². The van der Waals surface area contributed by atoms with Crippen molar-refractivity contribution in [1.82, 2.24) is 9.88 Å². The minimum atomic E-state index is -0.186. The molecular weight excluding hydrogens is 404 g/mol. The van der Waals surface area contributed by atoms with Gasteiger partial charge in [0, 0.05) is 19.5 Å². The van der Waals surface area contributed by atoms with Crippen LogP contribution in [0.4, 0.5) is 0 Å². The normalized spacial score (nSPS) is 14.3. The van der Waals surface area contributed by atoms with E-state index in [4.69, 9.17) is 4.74 Å². The number of fused-ring (bicyclic) bond motifs is 3. The van der Waals surface area contributed by atoms with Crippen molar-refractivity contribution in [2.24, 2.45) is 0 Å². The van der Waals surface area contributed by atoms with Gasteiger partial charge in [-0.2, -0.15) is 0 Å². The monoisotopic (exact) mass is 418 g/mol. The zero-order valence-electron chi connectivity index (χ0n) is 13.5. The second kappa shape index (κ2) is 6.31.